The summed E-state index contributed by atoms with van der Waals surface area (Å²) in [5, 5.41) is 6.05. The van der Waals surface area contributed by atoms with Gasteiger partial charge in [0.05, 0.1) is 23.4 Å². The van der Waals surface area contributed by atoms with Gasteiger partial charge in [0, 0.05) is 43.2 Å². The monoisotopic (exact) mass is 497 g/mol. The summed E-state index contributed by atoms with van der Waals surface area (Å²) in [4.78, 5) is 37.3. The van der Waals surface area contributed by atoms with Crippen LogP contribution >= 0.6 is 0 Å². The second kappa shape index (κ2) is 12.1. The zero-order chi connectivity index (χ0) is 26.0. The van der Waals surface area contributed by atoms with Gasteiger partial charge in [-0.05, 0) is 43.2 Å². The molecular weight excluding hydrogens is 474 g/mol. The van der Waals surface area contributed by atoms with Gasteiger partial charge in [-0.3, -0.25) is 14.6 Å². The molecule has 3 aromatic heterocycles. The Kier molecular flexibility index (Phi) is 8.21. The smallest absolute Gasteiger partial charge is 0.300 e. The van der Waals surface area contributed by atoms with Crippen LogP contribution in [0.5, 0.6) is 17.4 Å². The molecule has 0 bridgehead atoms. The maximum absolute atomic E-state index is 12.5. The topological polar surface area (TPSA) is 125 Å². The Morgan fingerprint density at radius 1 is 0.946 bits per heavy atom. The summed E-state index contributed by atoms with van der Waals surface area (Å²) in [7, 11) is 1.57. The second-order valence-electron chi connectivity index (χ2n) is 7.50. The predicted octanol–water partition coefficient (Wildman–Crippen LogP) is 4.06. The molecule has 0 saturated heterocycles. The molecular formula is C27H23N5O5. The van der Waals surface area contributed by atoms with Crippen molar-refractivity contribution in [2.75, 3.05) is 31.0 Å². The number of amides is 2. The Hall–Kier alpha value is -5.01. The molecule has 10 nitrogen and oxygen atoms in total. The Bertz CT molecular complexity index is 1460. The highest BCUT2D eigenvalue weighted by Gasteiger charge is 2.14. The number of ether oxygens (including phenoxy) is 3. The van der Waals surface area contributed by atoms with Crippen LogP contribution < -0.4 is 20.1 Å². The molecule has 10 heteroatoms. The normalized spacial score (nSPS) is 10.2. The van der Waals surface area contributed by atoms with Gasteiger partial charge in [0.25, 0.3) is 11.8 Å². The maximum atomic E-state index is 12.5. The lowest BCUT2D eigenvalue weighted by molar-refractivity contribution is -0.111. The number of anilines is 2. The summed E-state index contributed by atoms with van der Waals surface area (Å²) in [5.74, 6) is 5.76. The van der Waals surface area contributed by atoms with Gasteiger partial charge in [0.1, 0.15) is 23.9 Å². The van der Waals surface area contributed by atoms with E-state index in [-0.39, 0.29) is 18.4 Å². The van der Waals surface area contributed by atoms with Gasteiger partial charge in [-0.15, -0.1) is 0 Å². The number of hydrogen-bond acceptors (Lipinski definition) is 8. The number of aromatic nitrogens is 3. The summed E-state index contributed by atoms with van der Waals surface area (Å²) in [6, 6.07) is 13.5. The van der Waals surface area contributed by atoms with Gasteiger partial charge in [-0.2, -0.15) is 0 Å². The van der Waals surface area contributed by atoms with Crippen LogP contribution in [0.4, 0.5) is 11.5 Å². The SMILES string of the molecule is CC#CC(=O)Nc1cc2c(Oc3ccc(C(=O)Nc4ccccn4)cn3)ccnc2cc1OCCOC. The summed E-state index contributed by atoms with van der Waals surface area (Å²) in [6.45, 7) is 2.23. The number of carbonyl (C=O) groups excluding carboxylic acids is 2. The first-order chi connectivity index (χ1) is 18.1. The Balaban J connectivity index is 1.58. The molecule has 37 heavy (non-hydrogen) atoms. The average Bonchev–Trinajstić information content (AvgIpc) is 2.90. The molecule has 1 aromatic carbocycles. The van der Waals surface area contributed by atoms with E-state index in [1.54, 1.807) is 75.0 Å². The third-order valence-electron chi connectivity index (χ3n) is 4.95. The van der Waals surface area contributed by atoms with Gasteiger partial charge in [-0.25, -0.2) is 9.97 Å². The molecule has 0 aliphatic rings. The summed E-state index contributed by atoms with van der Waals surface area (Å²) < 4.78 is 16.8. The van der Waals surface area contributed by atoms with E-state index in [4.69, 9.17) is 14.2 Å². The maximum Gasteiger partial charge on any atom is 0.300 e. The lowest BCUT2D eigenvalue weighted by Gasteiger charge is -2.14. The zero-order valence-electron chi connectivity index (χ0n) is 20.1. The van der Waals surface area contributed by atoms with Gasteiger partial charge < -0.3 is 24.8 Å². The highest BCUT2D eigenvalue weighted by atomic mass is 16.5. The molecule has 186 valence electrons. The quantitative estimate of drug-likeness (QED) is 0.262. The van der Waals surface area contributed by atoms with E-state index in [1.165, 1.54) is 6.20 Å². The standard InChI is InChI=1S/C27H23N5O5/c1-3-6-25(33)31-21-15-19-20(16-23(21)36-14-13-35-2)28-12-10-22(19)37-26-9-8-18(17-30-26)27(34)32-24-7-4-5-11-29-24/h4-5,7-12,15-17H,13-14H2,1-2H3,(H,31,33)(H,29,32,34). The fraction of sp³-hybridized carbons (Fsp3) is 0.148. The first-order valence-electron chi connectivity index (χ1n) is 11.2. The largest absolute Gasteiger partial charge is 0.489 e. The first kappa shape index (κ1) is 25.1. The van der Waals surface area contributed by atoms with Gasteiger partial charge in [0.15, 0.2) is 0 Å². The average molecular weight is 498 g/mol. The molecule has 4 rings (SSSR count). The molecule has 0 saturated carbocycles. The van der Waals surface area contributed by atoms with Crippen LogP contribution in [-0.4, -0.2) is 47.1 Å². The molecule has 0 atom stereocenters. The first-order valence-corrected chi connectivity index (χ1v) is 11.2. The number of rotatable bonds is 9. The lowest BCUT2D eigenvalue weighted by Crippen LogP contribution is -2.13. The van der Waals surface area contributed by atoms with Crippen molar-refractivity contribution in [3.8, 4) is 29.2 Å². The van der Waals surface area contributed by atoms with Crippen LogP contribution in [0, 0.1) is 11.8 Å². The lowest BCUT2D eigenvalue weighted by atomic mass is 10.1. The number of nitrogens with zero attached hydrogens (tertiary/aromatic N) is 3. The van der Waals surface area contributed by atoms with Gasteiger partial charge in [-0.1, -0.05) is 12.0 Å². The number of carbonyl (C=O) groups is 2. The molecule has 3 heterocycles. The van der Waals surface area contributed by atoms with Crippen molar-refractivity contribution < 1.29 is 23.8 Å². The van der Waals surface area contributed by atoms with Crippen molar-refractivity contribution in [1.29, 1.82) is 0 Å². The van der Waals surface area contributed by atoms with Crippen molar-refractivity contribution in [2.24, 2.45) is 0 Å². The van der Waals surface area contributed by atoms with Crippen molar-refractivity contribution in [3.63, 3.8) is 0 Å². The number of nitrogens with one attached hydrogen (secondary N) is 2. The second-order valence-corrected chi connectivity index (χ2v) is 7.50. The van der Waals surface area contributed by atoms with Crippen LogP contribution in [0.3, 0.4) is 0 Å². The summed E-state index contributed by atoms with van der Waals surface area (Å²) in [5.41, 5.74) is 1.33. The highest BCUT2D eigenvalue weighted by molar-refractivity contribution is 6.06. The van der Waals surface area contributed by atoms with E-state index < -0.39 is 5.91 Å². The van der Waals surface area contributed by atoms with Crippen molar-refractivity contribution >= 4 is 34.2 Å². The van der Waals surface area contributed by atoms with E-state index >= 15 is 0 Å². The molecule has 0 aliphatic carbocycles. The fourth-order valence-corrected chi connectivity index (χ4v) is 3.27. The van der Waals surface area contributed by atoms with E-state index in [2.05, 4.69) is 37.4 Å². The van der Waals surface area contributed by atoms with Crippen molar-refractivity contribution in [1.82, 2.24) is 15.0 Å². The van der Waals surface area contributed by atoms with Crippen molar-refractivity contribution in [2.45, 2.75) is 6.92 Å². The number of pyridine rings is 3. The molecule has 2 N–H and O–H groups in total. The van der Waals surface area contributed by atoms with E-state index in [1.807, 2.05) is 0 Å². The summed E-state index contributed by atoms with van der Waals surface area (Å²) in [6.07, 6.45) is 4.59. The van der Waals surface area contributed by atoms with Crippen LogP contribution in [-0.2, 0) is 9.53 Å². The zero-order valence-corrected chi connectivity index (χ0v) is 20.1. The minimum atomic E-state index is -0.481. The molecule has 0 aliphatic heterocycles. The van der Waals surface area contributed by atoms with Crippen LogP contribution in [0.15, 0.2) is 67.1 Å². The van der Waals surface area contributed by atoms with Crippen LogP contribution in [0.1, 0.15) is 17.3 Å². The number of hydrogen-bond donors (Lipinski definition) is 2. The van der Waals surface area contributed by atoms with Gasteiger partial charge >= 0.3 is 0 Å². The molecule has 0 unspecified atom stereocenters. The number of benzene rings is 1. The Labute approximate surface area is 213 Å². The third kappa shape index (κ3) is 6.56. The third-order valence-corrected chi connectivity index (χ3v) is 4.95. The molecule has 4 aromatic rings. The molecule has 2 amide bonds. The number of fused-ring (bicyclic) bond motifs is 1. The minimum absolute atomic E-state index is 0.268. The van der Waals surface area contributed by atoms with E-state index in [9.17, 15) is 9.59 Å². The number of methoxy groups -OCH3 is 1. The highest BCUT2D eigenvalue weighted by Crippen LogP contribution is 2.35. The fourth-order valence-electron chi connectivity index (χ4n) is 3.27. The van der Waals surface area contributed by atoms with E-state index in [0.29, 0.717) is 46.1 Å². The molecule has 0 spiro atoms. The Morgan fingerprint density at radius 3 is 2.57 bits per heavy atom. The van der Waals surface area contributed by atoms with E-state index in [0.717, 1.165) is 0 Å². The molecule has 0 fully saturated rings. The summed E-state index contributed by atoms with van der Waals surface area (Å²) >= 11 is 0. The van der Waals surface area contributed by atoms with Crippen LogP contribution in [0.25, 0.3) is 10.9 Å². The van der Waals surface area contributed by atoms with Crippen molar-refractivity contribution in [3.05, 3.63) is 72.7 Å². The van der Waals surface area contributed by atoms with Gasteiger partial charge in [0.2, 0.25) is 5.88 Å². The molecule has 0 radical (unpaired) electrons. The predicted molar refractivity (Wildman–Crippen MR) is 138 cm³/mol. The Morgan fingerprint density at radius 2 is 1.84 bits per heavy atom. The van der Waals surface area contributed by atoms with Crippen LogP contribution in [0.2, 0.25) is 0 Å². The minimum Gasteiger partial charge on any atom is -0.489 e.